The summed E-state index contributed by atoms with van der Waals surface area (Å²) in [5.74, 6) is 0.591. The minimum absolute atomic E-state index is 0.133. The molecular weight excluding hydrogens is 252 g/mol. The van der Waals surface area contributed by atoms with Crippen LogP contribution in [-0.4, -0.2) is 24.6 Å². The van der Waals surface area contributed by atoms with Gasteiger partial charge in [-0.1, -0.05) is 18.2 Å². The van der Waals surface area contributed by atoms with E-state index in [4.69, 9.17) is 4.74 Å². The monoisotopic (exact) mass is 274 g/mol. The summed E-state index contributed by atoms with van der Waals surface area (Å²) in [6.45, 7) is 6.61. The summed E-state index contributed by atoms with van der Waals surface area (Å²) in [6.07, 6.45) is 3.68. The Morgan fingerprint density at radius 1 is 1.55 bits per heavy atom. The first-order chi connectivity index (χ1) is 9.69. The second-order valence-electron chi connectivity index (χ2n) is 5.10. The van der Waals surface area contributed by atoms with Gasteiger partial charge in [0, 0.05) is 19.1 Å². The number of carbonyl (C=O) groups is 1. The quantitative estimate of drug-likeness (QED) is 0.713. The van der Waals surface area contributed by atoms with Crippen molar-refractivity contribution < 1.29 is 9.53 Å². The molecule has 4 nitrogen and oxygen atoms in total. The first-order valence-electron chi connectivity index (χ1n) is 7.06. The van der Waals surface area contributed by atoms with E-state index < -0.39 is 6.10 Å². The molecule has 0 heterocycles. The third-order valence-electron chi connectivity index (χ3n) is 3.17. The molecule has 1 amide bonds. The molecule has 20 heavy (non-hydrogen) atoms. The van der Waals surface area contributed by atoms with Gasteiger partial charge in [-0.15, -0.1) is 6.58 Å². The van der Waals surface area contributed by atoms with E-state index in [-0.39, 0.29) is 5.91 Å². The summed E-state index contributed by atoms with van der Waals surface area (Å²) in [4.78, 5) is 11.7. The zero-order valence-corrected chi connectivity index (χ0v) is 11.9. The molecule has 0 spiro atoms. The average Bonchev–Trinajstić information content (AvgIpc) is 3.27. The van der Waals surface area contributed by atoms with Crippen LogP contribution in [0.4, 0.5) is 0 Å². The highest BCUT2D eigenvalue weighted by atomic mass is 16.5. The van der Waals surface area contributed by atoms with Crippen molar-refractivity contribution in [3.05, 3.63) is 42.5 Å². The number of hydrogen-bond donors (Lipinski definition) is 2. The Hall–Kier alpha value is -1.81. The molecule has 1 atom stereocenters. The Kier molecular flexibility index (Phi) is 5.18. The van der Waals surface area contributed by atoms with Crippen molar-refractivity contribution in [3.8, 4) is 5.75 Å². The molecule has 0 aromatic heterocycles. The van der Waals surface area contributed by atoms with Gasteiger partial charge < -0.3 is 15.4 Å². The predicted molar refractivity (Wildman–Crippen MR) is 79.6 cm³/mol. The largest absolute Gasteiger partial charge is 0.481 e. The van der Waals surface area contributed by atoms with Crippen molar-refractivity contribution in [2.24, 2.45) is 0 Å². The minimum atomic E-state index is -0.512. The Labute approximate surface area is 120 Å². The molecule has 1 saturated carbocycles. The Balaban J connectivity index is 1.85. The lowest BCUT2D eigenvalue weighted by Crippen LogP contribution is -2.36. The normalized spacial score (nSPS) is 15.4. The van der Waals surface area contributed by atoms with Crippen LogP contribution in [0.5, 0.6) is 5.75 Å². The molecule has 0 aliphatic heterocycles. The standard InChI is InChI=1S/C16H22N2O2/c1-3-9-17-16(19)12(2)20-15-6-4-5-13(10-15)11-18-14-7-8-14/h3-6,10,12,14,18H,1,7-9,11H2,2H3,(H,17,19). The number of nitrogens with one attached hydrogen (secondary N) is 2. The fourth-order valence-electron chi connectivity index (χ4n) is 1.85. The molecule has 0 radical (unpaired) electrons. The van der Waals surface area contributed by atoms with Gasteiger partial charge in [0.1, 0.15) is 5.75 Å². The minimum Gasteiger partial charge on any atom is -0.481 e. The van der Waals surface area contributed by atoms with Gasteiger partial charge in [0.2, 0.25) is 0 Å². The van der Waals surface area contributed by atoms with Gasteiger partial charge in [0.05, 0.1) is 0 Å². The third-order valence-corrected chi connectivity index (χ3v) is 3.17. The number of hydrogen-bond acceptors (Lipinski definition) is 3. The van der Waals surface area contributed by atoms with Crippen molar-refractivity contribution in [1.29, 1.82) is 0 Å². The molecule has 1 aromatic carbocycles. The van der Waals surface area contributed by atoms with Crippen LogP contribution < -0.4 is 15.4 Å². The molecule has 0 bridgehead atoms. The lowest BCUT2D eigenvalue weighted by Gasteiger charge is -2.15. The summed E-state index contributed by atoms with van der Waals surface area (Å²) in [5.41, 5.74) is 1.17. The number of amides is 1. The molecule has 2 N–H and O–H groups in total. The van der Waals surface area contributed by atoms with Crippen LogP contribution in [0.3, 0.4) is 0 Å². The van der Waals surface area contributed by atoms with E-state index in [1.807, 2.05) is 18.2 Å². The van der Waals surface area contributed by atoms with Gasteiger partial charge in [-0.3, -0.25) is 4.79 Å². The van der Waals surface area contributed by atoms with Crippen LogP contribution in [0.2, 0.25) is 0 Å². The fourth-order valence-corrected chi connectivity index (χ4v) is 1.85. The van der Waals surface area contributed by atoms with Crippen molar-refractivity contribution in [2.45, 2.75) is 38.5 Å². The maximum atomic E-state index is 11.7. The van der Waals surface area contributed by atoms with Crippen LogP contribution >= 0.6 is 0 Å². The van der Waals surface area contributed by atoms with Gasteiger partial charge in [-0.05, 0) is 37.5 Å². The summed E-state index contributed by atoms with van der Waals surface area (Å²) in [6, 6.07) is 8.55. The van der Waals surface area contributed by atoms with Crippen LogP contribution in [0.15, 0.2) is 36.9 Å². The maximum Gasteiger partial charge on any atom is 0.261 e. The topological polar surface area (TPSA) is 50.4 Å². The van der Waals surface area contributed by atoms with E-state index >= 15 is 0 Å². The molecule has 1 aliphatic carbocycles. The van der Waals surface area contributed by atoms with E-state index in [0.29, 0.717) is 12.6 Å². The number of carbonyl (C=O) groups excluding carboxylic acids is 1. The second kappa shape index (κ2) is 7.10. The van der Waals surface area contributed by atoms with Crippen molar-refractivity contribution in [3.63, 3.8) is 0 Å². The third kappa shape index (κ3) is 4.70. The van der Waals surface area contributed by atoms with Crippen LogP contribution in [-0.2, 0) is 11.3 Å². The van der Waals surface area contributed by atoms with E-state index in [0.717, 1.165) is 12.3 Å². The number of benzene rings is 1. The lowest BCUT2D eigenvalue weighted by molar-refractivity contribution is -0.127. The lowest BCUT2D eigenvalue weighted by atomic mass is 10.2. The van der Waals surface area contributed by atoms with E-state index in [9.17, 15) is 4.79 Å². The maximum absolute atomic E-state index is 11.7. The highest BCUT2D eigenvalue weighted by molar-refractivity contribution is 5.80. The number of ether oxygens (including phenoxy) is 1. The Morgan fingerprint density at radius 3 is 3.05 bits per heavy atom. The van der Waals surface area contributed by atoms with Crippen LogP contribution in [0.25, 0.3) is 0 Å². The molecule has 1 aromatic rings. The molecule has 1 aliphatic rings. The molecule has 1 unspecified atom stereocenters. The van der Waals surface area contributed by atoms with Crippen molar-refractivity contribution in [1.82, 2.24) is 10.6 Å². The zero-order chi connectivity index (χ0) is 14.4. The van der Waals surface area contributed by atoms with E-state index in [1.54, 1.807) is 13.0 Å². The van der Waals surface area contributed by atoms with Crippen molar-refractivity contribution in [2.75, 3.05) is 6.54 Å². The summed E-state index contributed by atoms with van der Waals surface area (Å²) in [5, 5.41) is 6.18. The fraction of sp³-hybridized carbons (Fsp3) is 0.438. The number of rotatable bonds is 8. The van der Waals surface area contributed by atoms with Gasteiger partial charge in [0.25, 0.3) is 5.91 Å². The molecule has 4 heteroatoms. The first kappa shape index (κ1) is 14.6. The van der Waals surface area contributed by atoms with Gasteiger partial charge in [-0.25, -0.2) is 0 Å². The summed E-state index contributed by atoms with van der Waals surface area (Å²) < 4.78 is 5.66. The van der Waals surface area contributed by atoms with E-state index in [1.165, 1.54) is 18.4 Å². The van der Waals surface area contributed by atoms with Gasteiger partial charge in [-0.2, -0.15) is 0 Å². The zero-order valence-electron chi connectivity index (χ0n) is 11.9. The average molecular weight is 274 g/mol. The highest BCUT2D eigenvalue weighted by Crippen LogP contribution is 2.20. The highest BCUT2D eigenvalue weighted by Gasteiger charge is 2.20. The molecule has 1 fully saturated rings. The first-order valence-corrected chi connectivity index (χ1v) is 7.06. The Bertz CT molecular complexity index is 469. The van der Waals surface area contributed by atoms with Crippen LogP contribution in [0, 0.1) is 0 Å². The Morgan fingerprint density at radius 2 is 2.35 bits per heavy atom. The molecule has 108 valence electrons. The van der Waals surface area contributed by atoms with Gasteiger partial charge in [0.15, 0.2) is 6.10 Å². The molecular formula is C16H22N2O2. The van der Waals surface area contributed by atoms with E-state index in [2.05, 4.69) is 23.3 Å². The second-order valence-corrected chi connectivity index (χ2v) is 5.10. The molecule has 0 saturated heterocycles. The van der Waals surface area contributed by atoms with Crippen molar-refractivity contribution >= 4 is 5.91 Å². The smallest absolute Gasteiger partial charge is 0.261 e. The SMILES string of the molecule is C=CCNC(=O)C(C)Oc1cccc(CNC2CC2)c1. The summed E-state index contributed by atoms with van der Waals surface area (Å²) >= 11 is 0. The predicted octanol–water partition coefficient (Wildman–Crippen LogP) is 2.01. The van der Waals surface area contributed by atoms with Gasteiger partial charge >= 0.3 is 0 Å². The van der Waals surface area contributed by atoms with Crippen LogP contribution in [0.1, 0.15) is 25.3 Å². The molecule has 2 rings (SSSR count). The summed E-state index contributed by atoms with van der Waals surface area (Å²) in [7, 11) is 0.